The molecule has 0 bridgehead atoms. The second-order valence-corrected chi connectivity index (χ2v) is 16.7. The van der Waals surface area contributed by atoms with Crippen molar-refractivity contribution in [2.75, 3.05) is 76.4 Å². The number of fused-ring (bicyclic) bond motifs is 1. The molecule has 3 fully saturated rings. The van der Waals surface area contributed by atoms with Gasteiger partial charge in [-0.1, -0.05) is 36.4 Å². The summed E-state index contributed by atoms with van der Waals surface area (Å²) < 4.78 is 27.1. The zero-order chi connectivity index (χ0) is 46.8. The molecule has 67 heavy (non-hydrogen) atoms. The summed E-state index contributed by atoms with van der Waals surface area (Å²) in [6.07, 6.45) is 3.36. The van der Waals surface area contributed by atoms with E-state index in [0.717, 1.165) is 16.2 Å². The number of carbonyl (C=O) groups is 6. The zero-order valence-electron chi connectivity index (χ0n) is 36.8. The van der Waals surface area contributed by atoms with Crippen LogP contribution < -0.4 is 25.6 Å². The van der Waals surface area contributed by atoms with Crippen molar-refractivity contribution in [3.05, 3.63) is 113 Å². The molecule has 3 atom stereocenters. The number of imide groups is 2. The number of piperazine rings is 1. The quantitative estimate of drug-likeness (QED) is 0.145. The van der Waals surface area contributed by atoms with E-state index in [1.807, 2.05) is 48.2 Å². The number of para-hydroxylation sites is 1. The number of ether oxygens (including phenoxy) is 2. The SMILES string of the molecule is COCCN1C[C@@H](NC(=O)Nc2c(C)c(-c3cnc(N4CCN(C(=O)COc5cccc6c5C(=O)N(C5CCC(=O)NC5=O)C6=O)CC4)nc3)nn2-c2ccccc2)[C@H](c2cccc(F)c2)C1. The van der Waals surface area contributed by atoms with Crippen LogP contribution in [-0.4, -0.2) is 148 Å². The molecule has 9 rings (SSSR count). The predicted molar refractivity (Wildman–Crippen MR) is 240 cm³/mol. The summed E-state index contributed by atoms with van der Waals surface area (Å²) in [7, 11) is 1.64. The standard InChI is InChI=1S/C47H48FN11O8/c1-28-41(54-59(32-10-4-3-5-11-32)42(28)53-47(65)51-35-26-55(20-21-66-2)25-34(35)29-8-6-9-31(48)22-29)30-23-49-46(50-24-30)57-18-16-56(17-19-57)39(61)27-67-37-13-7-12-33-40(37)45(64)58(44(33)63)36-14-15-38(60)52-43(36)62/h3-13,22-24,34-36H,14-21,25-27H2,1-2H3,(H2,51,53,65)(H,52,60,62)/t34-,35+,36?/m0/s1. The Morgan fingerprint density at radius 2 is 1.67 bits per heavy atom. The highest BCUT2D eigenvalue weighted by Crippen LogP contribution is 2.35. The number of amides is 7. The van der Waals surface area contributed by atoms with Gasteiger partial charge < -0.3 is 24.6 Å². The third kappa shape index (κ3) is 9.17. The van der Waals surface area contributed by atoms with Gasteiger partial charge >= 0.3 is 6.03 Å². The number of anilines is 2. The Kier molecular flexibility index (Phi) is 12.7. The molecule has 20 heteroatoms. The Hall–Kier alpha value is -7.58. The number of urea groups is 1. The second-order valence-electron chi connectivity index (χ2n) is 16.7. The molecule has 0 aliphatic carbocycles. The summed E-state index contributed by atoms with van der Waals surface area (Å²) in [4.78, 5) is 94.0. The molecule has 4 aliphatic rings. The number of hydrogen-bond acceptors (Lipinski definition) is 13. The number of nitrogens with zero attached hydrogens (tertiary/aromatic N) is 8. The lowest BCUT2D eigenvalue weighted by Crippen LogP contribution is -2.54. The molecular weight excluding hydrogens is 866 g/mol. The lowest BCUT2D eigenvalue weighted by molar-refractivity contribution is -0.136. The van der Waals surface area contributed by atoms with Crippen molar-refractivity contribution in [1.29, 1.82) is 0 Å². The minimum absolute atomic E-state index is 0.00460. The van der Waals surface area contributed by atoms with Gasteiger partial charge in [-0.3, -0.25) is 44.4 Å². The van der Waals surface area contributed by atoms with E-state index < -0.39 is 42.3 Å². The number of halogens is 1. The number of piperidine rings is 1. The van der Waals surface area contributed by atoms with Crippen LogP contribution in [0.25, 0.3) is 16.9 Å². The maximum Gasteiger partial charge on any atom is 0.320 e. The first-order chi connectivity index (χ1) is 32.5. The number of hydrogen-bond donors (Lipinski definition) is 3. The van der Waals surface area contributed by atoms with Crippen molar-refractivity contribution in [2.45, 2.75) is 37.8 Å². The Bertz CT molecular complexity index is 2730. The summed E-state index contributed by atoms with van der Waals surface area (Å²) in [5.41, 5.74) is 3.41. The predicted octanol–water partition coefficient (Wildman–Crippen LogP) is 3.14. The molecular formula is C47H48FN11O8. The van der Waals surface area contributed by atoms with Crippen LogP contribution in [0.2, 0.25) is 0 Å². The van der Waals surface area contributed by atoms with Crippen molar-refractivity contribution < 1.29 is 42.6 Å². The third-order valence-electron chi connectivity index (χ3n) is 12.6. The van der Waals surface area contributed by atoms with Crippen LogP contribution in [0.1, 0.15) is 50.6 Å². The molecule has 0 spiro atoms. The minimum atomic E-state index is -1.13. The number of carbonyl (C=O) groups excluding carboxylic acids is 6. The first kappa shape index (κ1) is 44.6. The average Bonchev–Trinajstić information content (AvgIpc) is 3.97. The first-order valence-electron chi connectivity index (χ1n) is 22.0. The number of nitrogens with one attached hydrogen (secondary N) is 3. The van der Waals surface area contributed by atoms with Crippen molar-refractivity contribution in [3.63, 3.8) is 0 Å². The number of aromatic nitrogens is 4. The van der Waals surface area contributed by atoms with E-state index in [0.29, 0.717) is 81.0 Å². The Labute approximate surface area is 384 Å². The molecule has 3 saturated heterocycles. The van der Waals surface area contributed by atoms with Crippen molar-refractivity contribution in [3.8, 4) is 22.7 Å². The van der Waals surface area contributed by atoms with E-state index >= 15 is 0 Å². The highest BCUT2D eigenvalue weighted by Gasteiger charge is 2.46. The molecule has 5 aromatic rings. The molecule has 0 saturated carbocycles. The number of likely N-dealkylation sites (tertiary alicyclic amines) is 1. The van der Waals surface area contributed by atoms with Crippen molar-refractivity contribution >= 4 is 47.3 Å². The van der Waals surface area contributed by atoms with Crippen LogP contribution in [0.15, 0.2) is 85.2 Å². The van der Waals surface area contributed by atoms with Gasteiger partial charge in [-0.15, -0.1) is 0 Å². The highest BCUT2D eigenvalue weighted by molar-refractivity contribution is 6.24. The largest absolute Gasteiger partial charge is 0.483 e. The van der Waals surface area contributed by atoms with Crippen LogP contribution >= 0.6 is 0 Å². The molecule has 0 radical (unpaired) electrons. The van der Waals surface area contributed by atoms with E-state index in [2.05, 4.69) is 30.8 Å². The normalized spacial score (nSPS) is 19.7. The number of benzene rings is 3. The van der Waals surface area contributed by atoms with Gasteiger partial charge in [0.2, 0.25) is 17.8 Å². The van der Waals surface area contributed by atoms with Crippen LogP contribution in [0, 0.1) is 12.7 Å². The van der Waals surface area contributed by atoms with Crippen molar-refractivity contribution in [2.24, 2.45) is 0 Å². The van der Waals surface area contributed by atoms with E-state index in [-0.39, 0.29) is 53.4 Å². The summed E-state index contributed by atoms with van der Waals surface area (Å²) in [5.74, 6) is -2.42. The van der Waals surface area contributed by atoms with Gasteiger partial charge in [0.25, 0.3) is 17.7 Å². The zero-order valence-corrected chi connectivity index (χ0v) is 36.8. The van der Waals surface area contributed by atoms with E-state index in [1.54, 1.807) is 35.2 Å². The Balaban J connectivity index is 0.837. The summed E-state index contributed by atoms with van der Waals surface area (Å²) in [6, 6.07) is 18.5. The lowest BCUT2D eigenvalue weighted by atomic mass is 9.94. The van der Waals surface area contributed by atoms with Crippen LogP contribution in [-0.2, 0) is 19.1 Å². The third-order valence-corrected chi connectivity index (χ3v) is 12.6. The number of methoxy groups -OCH3 is 1. The van der Waals surface area contributed by atoms with Crippen molar-refractivity contribution in [1.82, 2.24) is 45.1 Å². The van der Waals surface area contributed by atoms with Gasteiger partial charge in [0, 0.05) is 88.8 Å². The number of rotatable bonds is 13. The average molecular weight is 914 g/mol. The Morgan fingerprint density at radius 3 is 2.40 bits per heavy atom. The van der Waals surface area contributed by atoms with Gasteiger partial charge in [0.05, 0.1) is 29.5 Å². The van der Waals surface area contributed by atoms with Gasteiger partial charge in [0.15, 0.2) is 6.61 Å². The molecule has 19 nitrogen and oxygen atoms in total. The molecule has 3 aromatic carbocycles. The second kappa shape index (κ2) is 19.1. The smallest absolute Gasteiger partial charge is 0.320 e. The van der Waals surface area contributed by atoms with Crippen LogP contribution in [0.3, 0.4) is 0 Å². The van der Waals surface area contributed by atoms with Gasteiger partial charge in [-0.05, 0) is 55.3 Å². The van der Waals surface area contributed by atoms with Crippen LogP contribution in [0.5, 0.6) is 5.75 Å². The van der Waals surface area contributed by atoms with Gasteiger partial charge in [0.1, 0.15) is 29.1 Å². The van der Waals surface area contributed by atoms with E-state index in [9.17, 15) is 33.2 Å². The lowest BCUT2D eigenvalue weighted by Gasteiger charge is -2.34. The van der Waals surface area contributed by atoms with Gasteiger partial charge in [-0.2, -0.15) is 5.10 Å². The monoisotopic (exact) mass is 913 g/mol. The summed E-state index contributed by atoms with van der Waals surface area (Å²) in [5, 5.41) is 13.3. The van der Waals surface area contributed by atoms with E-state index in [4.69, 9.17) is 14.6 Å². The fourth-order valence-electron chi connectivity index (χ4n) is 9.09. The first-order valence-corrected chi connectivity index (χ1v) is 22.0. The van der Waals surface area contributed by atoms with Crippen LogP contribution in [0.4, 0.5) is 21.0 Å². The summed E-state index contributed by atoms with van der Waals surface area (Å²) in [6.45, 7) is 5.39. The van der Waals surface area contributed by atoms with Gasteiger partial charge in [-0.25, -0.2) is 23.8 Å². The fourth-order valence-corrected chi connectivity index (χ4v) is 9.09. The molecule has 4 aliphatic heterocycles. The fraction of sp³-hybridized carbons (Fsp3) is 0.340. The topological polar surface area (TPSA) is 214 Å². The molecule has 2 aromatic heterocycles. The summed E-state index contributed by atoms with van der Waals surface area (Å²) >= 11 is 0. The molecule has 1 unspecified atom stereocenters. The highest BCUT2D eigenvalue weighted by atomic mass is 19.1. The maximum absolute atomic E-state index is 14.3. The minimum Gasteiger partial charge on any atom is -0.483 e. The molecule has 6 heterocycles. The molecule has 3 N–H and O–H groups in total. The molecule has 7 amide bonds. The molecule has 346 valence electrons. The van der Waals surface area contributed by atoms with E-state index in [1.165, 1.54) is 30.3 Å². The Morgan fingerprint density at radius 1 is 0.910 bits per heavy atom. The maximum atomic E-state index is 14.3.